The number of carbonyl (C=O) groups excluding carboxylic acids is 1. The van der Waals surface area contributed by atoms with Gasteiger partial charge in [0.1, 0.15) is 0 Å². The molecule has 1 aliphatic rings. The molecule has 0 spiro atoms. The van der Waals surface area contributed by atoms with Gasteiger partial charge in [0.25, 0.3) is 5.91 Å². The van der Waals surface area contributed by atoms with Crippen molar-refractivity contribution >= 4 is 15.9 Å². The highest BCUT2D eigenvalue weighted by Gasteiger charge is 2.24. The molecule has 0 saturated carbocycles. The van der Waals surface area contributed by atoms with Crippen molar-refractivity contribution < 1.29 is 13.2 Å². The van der Waals surface area contributed by atoms with Crippen LogP contribution >= 0.6 is 0 Å². The second-order valence-corrected chi connectivity index (χ2v) is 9.92. The highest BCUT2D eigenvalue weighted by molar-refractivity contribution is 7.88. The van der Waals surface area contributed by atoms with Gasteiger partial charge >= 0.3 is 0 Å². The van der Waals surface area contributed by atoms with E-state index in [4.69, 9.17) is 0 Å². The Bertz CT molecular complexity index is 962. The first kappa shape index (κ1) is 21.5. The Morgan fingerprint density at radius 2 is 1.66 bits per heavy atom. The van der Waals surface area contributed by atoms with Gasteiger partial charge in [-0.3, -0.25) is 4.79 Å². The lowest BCUT2D eigenvalue weighted by molar-refractivity contribution is 0.0940. The second-order valence-electron chi connectivity index (χ2n) is 7.95. The third-order valence-electron chi connectivity index (χ3n) is 5.65. The lowest BCUT2D eigenvalue weighted by atomic mass is 10.0. The lowest BCUT2D eigenvalue weighted by Crippen LogP contribution is -2.36. The van der Waals surface area contributed by atoms with Gasteiger partial charge in [0.05, 0.1) is 11.8 Å². The summed E-state index contributed by atoms with van der Waals surface area (Å²) >= 11 is 0. The topological polar surface area (TPSA) is 66.5 Å². The van der Waals surface area contributed by atoms with E-state index in [-0.39, 0.29) is 17.7 Å². The summed E-state index contributed by atoms with van der Waals surface area (Å²) in [6.45, 7) is 7.30. The highest BCUT2D eigenvalue weighted by Crippen LogP contribution is 2.19. The van der Waals surface area contributed by atoms with Crippen LogP contribution in [0.15, 0.2) is 42.5 Å². The van der Waals surface area contributed by atoms with Gasteiger partial charge < -0.3 is 5.32 Å². The summed E-state index contributed by atoms with van der Waals surface area (Å²) in [6.07, 6.45) is 2.95. The molecule has 0 aromatic heterocycles. The number of hydrogen-bond acceptors (Lipinski definition) is 3. The van der Waals surface area contributed by atoms with Crippen molar-refractivity contribution in [2.24, 2.45) is 0 Å². The molecule has 0 aliphatic carbocycles. The first-order chi connectivity index (χ1) is 13.8. The molecule has 1 fully saturated rings. The number of hydrogen-bond donors (Lipinski definition) is 1. The zero-order chi connectivity index (χ0) is 21.0. The van der Waals surface area contributed by atoms with E-state index in [0.29, 0.717) is 24.2 Å². The highest BCUT2D eigenvalue weighted by atomic mass is 32.2. The van der Waals surface area contributed by atoms with Gasteiger partial charge in [-0.05, 0) is 68.0 Å². The van der Waals surface area contributed by atoms with Crippen molar-refractivity contribution in [2.75, 3.05) is 13.1 Å². The van der Waals surface area contributed by atoms with E-state index in [2.05, 4.69) is 31.3 Å². The molecule has 2 aromatic carbocycles. The summed E-state index contributed by atoms with van der Waals surface area (Å²) in [6, 6.07) is 12.9. The second kappa shape index (κ2) is 9.09. The number of carbonyl (C=O) groups is 1. The summed E-state index contributed by atoms with van der Waals surface area (Å²) in [5.74, 6) is -0.185. The molecule has 3 rings (SSSR count). The summed E-state index contributed by atoms with van der Waals surface area (Å²) in [4.78, 5) is 12.6. The van der Waals surface area contributed by atoms with E-state index < -0.39 is 10.0 Å². The maximum Gasteiger partial charge on any atom is 0.251 e. The molecule has 5 nitrogen and oxygen atoms in total. The molecule has 1 saturated heterocycles. The number of sulfonamides is 1. The van der Waals surface area contributed by atoms with E-state index >= 15 is 0 Å². The molecule has 1 heterocycles. The number of rotatable bonds is 6. The van der Waals surface area contributed by atoms with Crippen molar-refractivity contribution in [1.29, 1.82) is 0 Å². The van der Waals surface area contributed by atoms with E-state index in [9.17, 15) is 13.2 Å². The van der Waals surface area contributed by atoms with Gasteiger partial charge in [-0.25, -0.2) is 12.7 Å². The Morgan fingerprint density at radius 1 is 1.00 bits per heavy atom. The predicted octanol–water partition coefficient (Wildman–Crippen LogP) is 4.11. The maximum atomic E-state index is 12.6. The van der Waals surface area contributed by atoms with E-state index in [1.54, 1.807) is 28.6 Å². The largest absolute Gasteiger partial charge is 0.346 e. The molecule has 156 valence electrons. The van der Waals surface area contributed by atoms with Gasteiger partial charge in [0.15, 0.2) is 0 Å². The Kier molecular flexibility index (Phi) is 6.75. The Morgan fingerprint density at radius 3 is 2.28 bits per heavy atom. The monoisotopic (exact) mass is 414 g/mol. The number of nitrogens with one attached hydrogen (secondary N) is 1. The number of aryl methyl sites for hydroxylation is 2. The fraction of sp³-hybridized carbons (Fsp3) is 0.435. The Balaban J connectivity index is 1.63. The van der Waals surface area contributed by atoms with Gasteiger partial charge in [0.2, 0.25) is 10.0 Å². The van der Waals surface area contributed by atoms with Gasteiger partial charge in [-0.2, -0.15) is 0 Å². The molecule has 1 unspecified atom stereocenters. The smallest absolute Gasteiger partial charge is 0.251 e. The van der Waals surface area contributed by atoms with Gasteiger partial charge in [-0.1, -0.05) is 36.8 Å². The molecule has 1 atom stereocenters. The molecule has 29 heavy (non-hydrogen) atoms. The fourth-order valence-electron chi connectivity index (χ4n) is 3.59. The van der Waals surface area contributed by atoms with Crippen molar-refractivity contribution in [3.8, 4) is 0 Å². The van der Waals surface area contributed by atoms with Crippen LogP contribution in [0.1, 0.15) is 64.8 Å². The lowest BCUT2D eigenvalue weighted by Gasteiger charge is -2.25. The van der Waals surface area contributed by atoms with Crippen molar-refractivity contribution in [2.45, 2.75) is 51.8 Å². The fourth-order valence-corrected chi connectivity index (χ4v) is 5.21. The molecular weight excluding hydrogens is 384 g/mol. The molecule has 0 bridgehead atoms. The number of nitrogens with zero attached hydrogens (tertiary/aromatic N) is 1. The Hall–Kier alpha value is -2.18. The van der Waals surface area contributed by atoms with Crippen LogP contribution in [0.3, 0.4) is 0 Å². The minimum atomic E-state index is -3.30. The number of benzene rings is 2. The average Bonchev–Trinajstić information content (AvgIpc) is 2.71. The molecule has 0 radical (unpaired) electrons. The minimum Gasteiger partial charge on any atom is -0.346 e. The summed E-state index contributed by atoms with van der Waals surface area (Å²) in [7, 11) is -3.30. The molecule has 2 aromatic rings. The van der Waals surface area contributed by atoms with Crippen LogP contribution in [-0.4, -0.2) is 31.7 Å². The van der Waals surface area contributed by atoms with Crippen molar-refractivity contribution in [3.63, 3.8) is 0 Å². The molecular formula is C23H30N2O3S. The SMILES string of the molecule is Cc1ccc(C(C)NC(=O)c2ccc(CS(=O)(=O)N3CCCCC3)cc2)cc1C. The zero-order valence-electron chi connectivity index (χ0n) is 17.4. The third kappa shape index (κ3) is 5.46. The van der Waals surface area contributed by atoms with Crippen LogP contribution in [-0.2, 0) is 15.8 Å². The van der Waals surface area contributed by atoms with E-state index in [0.717, 1.165) is 24.8 Å². The number of amides is 1. The van der Waals surface area contributed by atoms with Crippen LogP contribution in [0.25, 0.3) is 0 Å². The van der Waals surface area contributed by atoms with Crippen molar-refractivity contribution in [1.82, 2.24) is 9.62 Å². The maximum absolute atomic E-state index is 12.6. The van der Waals surface area contributed by atoms with Gasteiger partial charge in [0, 0.05) is 18.7 Å². The van der Waals surface area contributed by atoms with Crippen LogP contribution in [0.2, 0.25) is 0 Å². The third-order valence-corrected chi connectivity index (χ3v) is 7.50. The van der Waals surface area contributed by atoms with Crippen LogP contribution in [0.4, 0.5) is 0 Å². The predicted molar refractivity (Wildman–Crippen MR) is 116 cm³/mol. The quantitative estimate of drug-likeness (QED) is 0.773. The zero-order valence-corrected chi connectivity index (χ0v) is 18.3. The standard InChI is InChI=1S/C23H30N2O3S/c1-17-7-10-22(15-18(17)2)19(3)24-23(26)21-11-8-20(9-12-21)16-29(27,28)25-13-5-4-6-14-25/h7-12,15,19H,4-6,13-14,16H2,1-3H3,(H,24,26). The van der Waals surface area contributed by atoms with E-state index in [1.807, 2.05) is 13.0 Å². The summed E-state index contributed by atoms with van der Waals surface area (Å²) in [5.41, 5.74) is 4.71. The van der Waals surface area contributed by atoms with Gasteiger partial charge in [-0.15, -0.1) is 0 Å². The normalized spacial score (nSPS) is 16.4. The first-order valence-corrected chi connectivity index (χ1v) is 11.8. The van der Waals surface area contributed by atoms with Crippen molar-refractivity contribution in [3.05, 3.63) is 70.3 Å². The number of piperidine rings is 1. The van der Waals surface area contributed by atoms with Crippen LogP contribution in [0.5, 0.6) is 0 Å². The molecule has 6 heteroatoms. The molecule has 1 aliphatic heterocycles. The summed E-state index contributed by atoms with van der Waals surface area (Å²) < 4.78 is 26.7. The van der Waals surface area contributed by atoms with Crippen LogP contribution < -0.4 is 5.32 Å². The average molecular weight is 415 g/mol. The first-order valence-electron chi connectivity index (χ1n) is 10.2. The summed E-state index contributed by atoms with van der Waals surface area (Å²) in [5, 5.41) is 3.01. The Labute approximate surface area is 174 Å². The molecule has 1 amide bonds. The molecule has 1 N–H and O–H groups in total. The minimum absolute atomic E-state index is 0.0199. The van der Waals surface area contributed by atoms with E-state index in [1.165, 1.54) is 11.1 Å². The van der Waals surface area contributed by atoms with Crippen LogP contribution in [0, 0.1) is 13.8 Å².